The van der Waals surface area contributed by atoms with Crippen LogP contribution in [0.3, 0.4) is 0 Å². The van der Waals surface area contributed by atoms with Gasteiger partial charge in [0.15, 0.2) is 0 Å². The van der Waals surface area contributed by atoms with E-state index in [4.69, 9.17) is 14.0 Å². The molecular formula is C10H19O4PW. The maximum Gasteiger partial charge on any atom is 2.00 e. The minimum atomic E-state index is -0.544. The van der Waals surface area contributed by atoms with E-state index in [1.165, 1.54) is 0 Å². The van der Waals surface area contributed by atoms with Gasteiger partial charge in [0.05, 0.1) is 6.10 Å². The average molecular weight is 418 g/mol. The zero-order valence-corrected chi connectivity index (χ0v) is 13.9. The molecule has 0 spiro atoms. The molecule has 0 aromatic carbocycles. The molecule has 94 valence electrons. The van der Waals surface area contributed by atoms with Crippen LogP contribution in [0.5, 0.6) is 0 Å². The van der Waals surface area contributed by atoms with E-state index in [-0.39, 0.29) is 46.6 Å². The molecule has 0 amide bonds. The second-order valence-electron chi connectivity index (χ2n) is 3.22. The van der Waals surface area contributed by atoms with Crippen LogP contribution in [0.25, 0.3) is 0 Å². The summed E-state index contributed by atoms with van der Waals surface area (Å²) in [5, 5.41) is 0. The summed E-state index contributed by atoms with van der Waals surface area (Å²) < 4.78 is 16.0. The number of hydrogen-bond donors (Lipinski definition) is 0. The molecule has 1 saturated heterocycles. The van der Waals surface area contributed by atoms with E-state index < -0.39 is 6.10 Å². The second-order valence-corrected chi connectivity index (χ2v) is 3.86. The Morgan fingerprint density at radius 3 is 2.50 bits per heavy atom. The maximum absolute atomic E-state index is 10.7. The summed E-state index contributed by atoms with van der Waals surface area (Å²) in [4.78, 5) is 10.7. The van der Waals surface area contributed by atoms with Crippen molar-refractivity contribution in [2.75, 3.05) is 13.8 Å². The third kappa shape index (κ3) is 4.50. The molecule has 6 heteroatoms. The topological polar surface area (TPSA) is 44.8 Å². The van der Waals surface area contributed by atoms with Crippen LogP contribution in [-0.2, 0) is 39.9 Å². The van der Waals surface area contributed by atoms with Crippen LogP contribution >= 0.6 is 8.81 Å². The van der Waals surface area contributed by atoms with Gasteiger partial charge in [-0.3, -0.25) is 0 Å². The van der Waals surface area contributed by atoms with Gasteiger partial charge in [-0.2, -0.15) is 0 Å². The van der Waals surface area contributed by atoms with Gasteiger partial charge < -0.3 is 26.2 Å². The van der Waals surface area contributed by atoms with Crippen molar-refractivity contribution < 1.29 is 39.9 Å². The molecule has 0 N–H and O–H groups in total. The molecule has 4 nitrogen and oxygen atoms in total. The summed E-state index contributed by atoms with van der Waals surface area (Å²) in [5.41, 5.74) is 0. The minimum absolute atomic E-state index is 0. The zero-order chi connectivity index (χ0) is 10.6. The van der Waals surface area contributed by atoms with Crippen molar-refractivity contribution in [2.24, 2.45) is 5.92 Å². The van der Waals surface area contributed by atoms with Crippen molar-refractivity contribution in [1.29, 1.82) is 0 Å². The summed E-state index contributed by atoms with van der Waals surface area (Å²) in [6.45, 7) is 5.59. The number of carbonyl (C=O) groups is 1. The van der Waals surface area contributed by atoms with E-state index in [1.54, 1.807) is 13.7 Å². The first kappa shape index (κ1) is 19.0. The van der Waals surface area contributed by atoms with E-state index in [1.807, 2.05) is 13.6 Å². The van der Waals surface area contributed by atoms with E-state index in [9.17, 15) is 4.79 Å². The molecule has 0 aromatic rings. The molecule has 0 saturated carbocycles. The summed E-state index contributed by atoms with van der Waals surface area (Å²) >= 11 is 0. The normalized spacial score (nSPS) is 34.2. The maximum atomic E-state index is 10.7. The van der Waals surface area contributed by atoms with Crippen LogP contribution in [0.15, 0.2) is 0 Å². The Balaban J connectivity index is 0. The van der Waals surface area contributed by atoms with Crippen molar-refractivity contribution in [1.82, 2.24) is 0 Å². The Hall–Kier alpha value is 0.668. The van der Waals surface area contributed by atoms with Crippen LogP contribution < -0.4 is 0 Å². The van der Waals surface area contributed by atoms with Crippen molar-refractivity contribution in [3.05, 3.63) is 14.0 Å². The first-order chi connectivity index (χ1) is 6.74. The third-order valence-electron chi connectivity index (χ3n) is 2.28. The van der Waals surface area contributed by atoms with E-state index in [0.717, 1.165) is 6.29 Å². The van der Waals surface area contributed by atoms with Gasteiger partial charge in [0, 0.05) is 15.9 Å². The summed E-state index contributed by atoms with van der Waals surface area (Å²) in [7, 11) is 1.95. The van der Waals surface area contributed by atoms with Crippen LogP contribution in [0, 0.1) is 20.0 Å². The van der Waals surface area contributed by atoms with Crippen molar-refractivity contribution in [3.8, 4) is 0 Å². The largest absolute Gasteiger partial charge is 2.00 e. The summed E-state index contributed by atoms with van der Waals surface area (Å²) in [5.74, 6) is 0.142. The fourth-order valence-electron chi connectivity index (χ4n) is 1.54. The molecule has 0 bridgehead atoms. The summed E-state index contributed by atoms with van der Waals surface area (Å²) in [6.07, 6.45) is -0.184. The van der Waals surface area contributed by atoms with Gasteiger partial charge in [0.1, 0.15) is 18.5 Å². The molecule has 0 aromatic heterocycles. The molecule has 1 aliphatic heterocycles. The molecule has 1 aliphatic rings. The van der Waals surface area contributed by atoms with Gasteiger partial charge in [-0.15, -0.1) is 5.92 Å². The Morgan fingerprint density at radius 2 is 2.06 bits per heavy atom. The van der Waals surface area contributed by atoms with Crippen LogP contribution in [0.2, 0.25) is 0 Å². The molecular weight excluding hydrogens is 399 g/mol. The molecule has 1 heterocycles. The quantitative estimate of drug-likeness (QED) is 0.394. The van der Waals surface area contributed by atoms with Gasteiger partial charge in [0.2, 0.25) is 0 Å². The first-order valence-electron chi connectivity index (χ1n) is 4.53. The predicted octanol–water partition coefficient (Wildman–Crippen LogP) is 1.45. The Bertz CT molecular complexity index is 194. The fourth-order valence-corrected chi connectivity index (χ4v) is 2.16. The molecule has 1 rings (SSSR count). The average Bonchev–Trinajstić information content (AvgIpc) is 2.21. The molecule has 0 radical (unpaired) electrons. The second kappa shape index (κ2) is 9.67. The van der Waals surface area contributed by atoms with Gasteiger partial charge in [0.25, 0.3) is 0 Å². The van der Waals surface area contributed by atoms with Gasteiger partial charge in [-0.05, 0) is 6.66 Å². The SMILES string of the molecule is COC1C(C=O)O[CH-]C(C)C1OPC.[CH3-].[W+2]. The van der Waals surface area contributed by atoms with Gasteiger partial charge >= 0.3 is 21.1 Å². The van der Waals surface area contributed by atoms with E-state index in [0.29, 0.717) is 8.81 Å². The van der Waals surface area contributed by atoms with Crippen molar-refractivity contribution >= 4 is 15.1 Å². The molecule has 5 atom stereocenters. The number of hydrogen-bond acceptors (Lipinski definition) is 4. The smallest absolute Gasteiger partial charge is 0.542 e. The number of aldehydes is 1. The first-order valence-corrected chi connectivity index (χ1v) is 5.94. The van der Waals surface area contributed by atoms with Crippen molar-refractivity contribution in [2.45, 2.75) is 25.2 Å². The van der Waals surface area contributed by atoms with Gasteiger partial charge in [-0.25, -0.2) is 6.61 Å². The number of methoxy groups -OCH3 is 1. The van der Waals surface area contributed by atoms with Crippen LogP contribution in [-0.4, -0.2) is 38.4 Å². The molecule has 16 heavy (non-hydrogen) atoms. The Kier molecular flexibility index (Phi) is 11.5. The molecule has 1 fully saturated rings. The van der Waals surface area contributed by atoms with E-state index in [2.05, 4.69) is 0 Å². The van der Waals surface area contributed by atoms with E-state index >= 15 is 0 Å². The van der Waals surface area contributed by atoms with Gasteiger partial charge in [-0.1, -0.05) is 6.92 Å². The predicted molar refractivity (Wildman–Crippen MR) is 60.7 cm³/mol. The van der Waals surface area contributed by atoms with Crippen LogP contribution in [0.1, 0.15) is 6.92 Å². The monoisotopic (exact) mass is 418 g/mol. The standard InChI is InChI=1S/C9H16O4P.CH3.W/c1-6-5-12-7(4-10)9(11-2)8(6)13-14-3;;/h4-9,14H,1-3H3;1H3;/q2*-1;+2. The zero-order valence-electron chi connectivity index (χ0n) is 10.0. The minimum Gasteiger partial charge on any atom is -0.542 e. The third-order valence-corrected chi connectivity index (χ3v) is 2.78. The number of rotatable bonds is 4. The number of carbonyl (C=O) groups excluding carboxylic acids is 1. The number of ether oxygens (including phenoxy) is 2. The Labute approximate surface area is 114 Å². The summed E-state index contributed by atoms with van der Waals surface area (Å²) in [6, 6.07) is 0. The molecule has 5 unspecified atom stereocenters. The Morgan fingerprint density at radius 1 is 1.44 bits per heavy atom. The van der Waals surface area contributed by atoms with Crippen LogP contribution in [0.4, 0.5) is 0 Å². The molecule has 0 aliphatic carbocycles. The van der Waals surface area contributed by atoms with Crippen molar-refractivity contribution in [3.63, 3.8) is 0 Å². The fraction of sp³-hybridized carbons (Fsp3) is 0.700.